The molecule has 28 heavy (non-hydrogen) atoms. The zero-order valence-electron chi connectivity index (χ0n) is 16.7. The van der Waals surface area contributed by atoms with E-state index >= 15 is 0 Å². The van der Waals surface area contributed by atoms with Crippen molar-refractivity contribution in [3.8, 4) is 0 Å². The zero-order valence-corrected chi connectivity index (χ0v) is 17.5. The number of hydrogen-bond donors (Lipinski definition) is 2. The molecule has 1 aliphatic rings. The SMILES string of the molecule is Cc1cnc(CCNC(=NCCCN2CCOCC2)NCCc2ccco2)s1. The van der Waals surface area contributed by atoms with Gasteiger partial charge in [0.1, 0.15) is 5.76 Å². The summed E-state index contributed by atoms with van der Waals surface area (Å²) in [5.74, 6) is 1.85. The second-order valence-corrected chi connectivity index (χ2v) is 8.15. The van der Waals surface area contributed by atoms with E-state index in [2.05, 4.69) is 27.4 Å². The van der Waals surface area contributed by atoms with Crippen LogP contribution >= 0.6 is 11.3 Å². The maximum Gasteiger partial charge on any atom is 0.191 e. The van der Waals surface area contributed by atoms with Gasteiger partial charge in [0.05, 0.1) is 24.5 Å². The number of nitrogens with zero attached hydrogens (tertiary/aromatic N) is 3. The molecule has 0 atom stereocenters. The van der Waals surface area contributed by atoms with Gasteiger partial charge in [0.2, 0.25) is 0 Å². The van der Waals surface area contributed by atoms with E-state index in [0.29, 0.717) is 0 Å². The van der Waals surface area contributed by atoms with Crippen molar-refractivity contribution in [2.75, 3.05) is 52.5 Å². The molecule has 0 unspecified atom stereocenters. The average molecular weight is 406 g/mol. The predicted octanol–water partition coefficient (Wildman–Crippen LogP) is 2.09. The van der Waals surface area contributed by atoms with Crippen LogP contribution in [0.2, 0.25) is 0 Å². The van der Waals surface area contributed by atoms with Gasteiger partial charge in [-0.3, -0.25) is 9.89 Å². The van der Waals surface area contributed by atoms with Gasteiger partial charge in [-0.05, 0) is 25.5 Å². The number of thiazole rings is 1. The molecule has 2 N–H and O–H groups in total. The molecule has 3 rings (SSSR count). The summed E-state index contributed by atoms with van der Waals surface area (Å²) in [5.41, 5.74) is 0. The molecule has 0 bridgehead atoms. The number of ether oxygens (including phenoxy) is 1. The van der Waals surface area contributed by atoms with Crippen LogP contribution in [0.3, 0.4) is 0 Å². The molecule has 1 saturated heterocycles. The molecular formula is C20H31N5O2S. The van der Waals surface area contributed by atoms with Crippen LogP contribution in [0.25, 0.3) is 0 Å². The highest BCUT2D eigenvalue weighted by atomic mass is 32.1. The van der Waals surface area contributed by atoms with Crippen molar-refractivity contribution in [3.63, 3.8) is 0 Å². The van der Waals surface area contributed by atoms with E-state index in [0.717, 1.165) is 88.5 Å². The van der Waals surface area contributed by atoms with Gasteiger partial charge in [-0.2, -0.15) is 0 Å². The fourth-order valence-corrected chi connectivity index (χ4v) is 3.83. The van der Waals surface area contributed by atoms with Crippen molar-refractivity contribution in [1.29, 1.82) is 0 Å². The summed E-state index contributed by atoms with van der Waals surface area (Å²) in [6, 6.07) is 3.92. The van der Waals surface area contributed by atoms with Gasteiger partial charge < -0.3 is 19.8 Å². The van der Waals surface area contributed by atoms with Gasteiger partial charge in [-0.25, -0.2) is 4.98 Å². The van der Waals surface area contributed by atoms with Crippen molar-refractivity contribution in [2.24, 2.45) is 4.99 Å². The molecular weight excluding hydrogens is 374 g/mol. The highest BCUT2D eigenvalue weighted by Crippen LogP contribution is 2.10. The van der Waals surface area contributed by atoms with Gasteiger partial charge in [0, 0.05) is 63.2 Å². The summed E-state index contributed by atoms with van der Waals surface area (Å²) in [4.78, 5) is 12.9. The monoisotopic (exact) mass is 405 g/mol. The maximum absolute atomic E-state index is 5.40. The molecule has 0 radical (unpaired) electrons. The van der Waals surface area contributed by atoms with E-state index < -0.39 is 0 Å². The third-order valence-corrected chi connectivity index (χ3v) is 5.52. The molecule has 2 aromatic rings. The van der Waals surface area contributed by atoms with Crippen LogP contribution in [0.15, 0.2) is 34.0 Å². The van der Waals surface area contributed by atoms with E-state index in [4.69, 9.17) is 14.1 Å². The molecule has 2 aromatic heterocycles. The first kappa shape index (κ1) is 20.8. The molecule has 1 fully saturated rings. The number of aliphatic imine (C=N–C) groups is 1. The first-order valence-corrected chi connectivity index (χ1v) is 10.9. The summed E-state index contributed by atoms with van der Waals surface area (Å²) in [6.07, 6.45) is 6.45. The van der Waals surface area contributed by atoms with E-state index in [1.54, 1.807) is 17.6 Å². The first-order chi connectivity index (χ1) is 13.8. The highest BCUT2D eigenvalue weighted by Gasteiger charge is 2.09. The lowest BCUT2D eigenvalue weighted by Crippen LogP contribution is -2.40. The Morgan fingerprint density at radius 1 is 1.25 bits per heavy atom. The quantitative estimate of drug-likeness (QED) is 0.358. The fourth-order valence-electron chi connectivity index (χ4n) is 3.05. The summed E-state index contributed by atoms with van der Waals surface area (Å²) >= 11 is 1.75. The van der Waals surface area contributed by atoms with E-state index in [1.807, 2.05) is 18.3 Å². The number of aromatic nitrogens is 1. The van der Waals surface area contributed by atoms with Crippen LogP contribution in [0.4, 0.5) is 0 Å². The van der Waals surface area contributed by atoms with Gasteiger partial charge in [-0.15, -0.1) is 11.3 Å². The standard InChI is InChI=1S/C20H31N5O2S/c1-17-16-24-19(28-17)6-9-23-20(22-8-5-18-4-2-13-27-18)21-7-3-10-25-11-14-26-15-12-25/h2,4,13,16H,3,5-12,14-15H2,1H3,(H2,21,22,23). The number of aryl methyl sites for hydroxylation is 1. The minimum atomic E-state index is 0.791. The first-order valence-electron chi connectivity index (χ1n) is 10.1. The molecule has 3 heterocycles. The van der Waals surface area contributed by atoms with Crippen LogP contribution in [0, 0.1) is 6.92 Å². The van der Waals surface area contributed by atoms with Crippen molar-refractivity contribution < 1.29 is 9.15 Å². The molecule has 7 nitrogen and oxygen atoms in total. The molecule has 154 valence electrons. The Kier molecular flexibility index (Phi) is 8.80. The molecule has 0 aliphatic carbocycles. The number of furan rings is 1. The molecule has 8 heteroatoms. The van der Waals surface area contributed by atoms with Crippen LogP contribution in [-0.4, -0.2) is 68.3 Å². The van der Waals surface area contributed by atoms with Crippen molar-refractivity contribution in [1.82, 2.24) is 20.5 Å². The van der Waals surface area contributed by atoms with E-state index in [9.17, 15) is 0 Å². The minimum absolute atomic E-state index is 0.791. The largest absolute Gasteiger partial charge is 0.469 e. The number of guanidine groups is 1. The van der Waals surface area contributed by atoms with Gasteiger partial charge in [0.15, 0.2) is 5.96 Å². The lowest BCUT2D eigenvalue weighted by molar-refractivity contribution is 0.0377. The normalized spacial score (nSPS) is 15.7. The number of morpholine rings is 1. The zero-order chi connectivity index (χ0) is 19.4. The van der Waals surface area contributed by atoms with Gasteiger partial charge in [-0.1, -0.05) is 0 Å². The van der Waals surface area contributed by atoms with Gasteiger partial charge >= 0.3 is 0 Å². The van der Waals surface area contributed by atoms with Crippen molar-refractivity contribution >= 4 is 17.3 Å². The predicted molar refractivity (Wildman–Crippen MR) is 113 cm³/mol. The smallest absolute Gasteiger partial charge is 0.191 e. The van der Waals surface area contributed by atoms with Gasteiger partial charge in [0.25, 0.3) is 0 Å². The lowest BCUT2D eigenvalue weighted by atomic mass is 10.3. The third kappa shape index (κ3) is 7.61. The molecule has 0 spiro atoms. The summed E-state index contributed by atoms with van der Waals surface area (Å²) in [7, 11) is 0. The topological polar surface area (TPSA) is 74.9 Å². The second kappa shape index (κ2) is 11.8. The highest BCUT2D eigenvalue weighted by molar-refractivity contribution is 7.11. The number of hydrogen-bond acceptors (Lipinski definition) is 6. The minimum Gasteiger partial charge on any atom is -0.469 e. The molecule has 0 amide bonds. The third-order valence-electron chi connectivity index (χ3n) is 4.55. The lowest BCUT2D eigenvalue weighted by Gasteiger charge is -2.26. The van der Waals surface area contributed by atoms with E-state index in [-0.39, 0.29) is 0 Å². The van der Waals surface area contributed by atoms with Crippen LogP contribution in [-0.2, 0) is 17.6 Å². The fraction of sp³-hybridized carbons (Fsp3) is 0.600. The van der Waals surface area contributed by atoms with Crippen molar-refractivity contribution in [2.45, 2.75) is 26.2 Å². The Labute approximate surface area is 171 Å². The summed E-state index contributed by atoms with van der Waals surface area (Å²) in [5, 5.41) is 8.01. The average Bonchev–Trinajstić information content (AvgIpc) is 3.37. The molecule has 0 saturated carbocycles. The van der Waals surface area contributed by atoms with Crippen molar-refractivity contribution in [3.05, 3.63) is 40.2 Å². The van der Waals surface area contributed by atoms with E-state index in [1.165, 1.54) is 4.88 Å². The Bertz CT molecular complexity index is 695. The van der Waals surface area contributed by atoms with Crippen LogP contribution in [0.5, 0.6) is 0 Å². The number of rotatable bonds is 10. The summed E-state index contributed by atoms with van der Waals surface area (Å²) in [6.45, 7) is 9.34. The Morgan fingerprint density at radius 3 is 2.79 bits per heavy atom. The maximum atomic E-state index is 5.40. The molecule has 0 aromatic carbocycles. The summed E-state index contributed by atoms with van der Waals surface area (Å²) < 4.78 is 10.8. The Balaban J connectivity index is 1.41. The Hall–Kier alpha value is -1.90. The Morgan fingerprint density at radius 2 is 2.07 bits per heavy atom. The van der Waals surface area contributed by atoms with Crippen LogP contribution < -0.4 is 10.6 Å². The molecule has 1 aliphatic heterocycles. The second-order valence-electron chi connectivity index (χ2n) is 6.84. The number of nitrogens with one attached hydrogen (secondary N) is 2. The van der Waals surface area contributed by atoms with Crippen LogP contribution in [0.1, 0.15) is 22.1 Å².